The van der Waals surface area contributed by atoms with E-state index in [2.05, 4.69) is 25.8 Å². The Bertz CT molecular complexity index is 1140. The zero-order valence-corrected chi connectivity index (χ0v) is 19.7. The third-order valence-corrected chi connectivity index (χ3v) is 6.36. The molecule has 3 rings (SSSR count). The largest absolute Gasteiger partial charge is 0.462 e. The second-order valence-electron chi connectivity index (χ2n) is 6.77. The molecular weight excluding hydrogens is 450 g/mol. The molecule has 32 heavy (non-hydrogen) atoms. The molecule has 168 valence electrons. The number of hydrogen-bond acceptors (Lipinski definition) is 8. The van der Waals surface area contributed by atoms with Crippen LogP contribution in [0.2, 0.25) is 0 Å². The van der Waals surface area contributed by atoms with Gasteiger partial charge < -0.3 is 15.4 Å². The fourth-order valence-electron chi connectivity index (χ4n) is 2.81. The number of H-pyrrole nitrogens is 1. The first kappa shape index (κ1) is 23.5. The molecule has 0 aliphatic rings. The fourth-order valence-corrected chi connectivity index (χ4v) is 4.47. The molecule has 2 amide bonds. The van der Waals surface area contributed by atoms with Crippen LogP contribution in [0.25, 0.3) is 11.4 Å². The van der Waals surface area contributed by atoms with Gasteiger partial charge in [0.05, 0.1) is 17.9 Å². The molecule has 0 atom stereocenters. The maximum atomic E-state index is 12.5. The van der Waals surface area contributed by atoms with Gasteiger partial charge in [-0.15, -0.1) is 16.4 Å². The number of aryl methyl sites for hydroxylation is 1. The van der Waals surface area contributed by atoms with Gasteiger partial charge in [-0.25, -0.2) is 9.78 Å². The summed E-state index contributed by atoms with van der Waals surface area (Å²) in [5, 5.41) is 13.4. The number of ether oxygens (including phenoxy) is 1. The Morgan fingerprint density at radius 3 is 2.53 bits per heavy atom. The van der Waals surface area contributed by atoms with Gasteiger partial charge in [-0.05, 0) is 50.6 Å². The van der Waals surface area contributed by atoms with Gasteiger partial charge in [-0.3, -0.25) is 14.7 Å². The number of carbonyl (C=O) groups is 3. The van der Waals surface area contributed by atoms with E-state index in [1.54, 1.807) is 19.1 Å². The SMILES string of the molecule is CCOC(=O)c1c(NC(=O)CSc2n[nH]c(-c3ccc(NC(C)=O)cc3)n2)sc(C)c1C. The quantitative estimate of drug-likeness (QED) is 0.333. The minimum Gasteiger partial charge on any atom is -0.462 e. The van der Waals surface area contributed by atoms with Crippen LogP contribution >= 0.6 is 23.1 Å². The predicted octanol–water partition coefficient (Wildman–Crippen LogP) is 4.02. The van der Waals surface area contributed by atoms with Crippen LogP contribution in [0.4, 0.5) is 10.7 Å². The Hall–Kier alpha value is -3.18. The lowest BCUT2D eigenvalue weighted by atomic mass is 10.1. The second-order valence-corrected chi connectivity index (χ2v) is 8.94. The van der Waals surface area contributed by atoms with Crippen LogP contribution in [0.3, 0.4) is 0 Å². The lowest BCUT2D eigenvalue weighted by molar-refractivity contribution is -0.114. The lowest BCUT2D eigenvalue weighted by Crippen LogP contribution is -2.16. The molecule has 0 spiro atoms. The number of carbonyl (C=O) groups excluding carboxylic acids is 3. The third kappa shape index (κ3) is 5.74. The van der Waals surface area contributed by atoms with E-state index in [1.807, 2.05) is 26.0 Å². The van der Waals surface area contributed by atoms with E-state index in [0.717, 1.165) is 16.0 Å². The first-order valence-electron chi connectivity index (χ1n) is 9.78. The summed E-state index contributed by atoms with van der Waals surface area (Å²) in [6.07, 6.45) is 0. The number of anilines is 2. The summed E-state index contributed by atoms with van der Waals surface area (Å²) in [5.41, 5.74) is 2.69. The molecule has 3 N–H and O–H groups in total. The minimum atomic E-state index is -0.444. The van der Waals surface area contributed by atoms with Crippen molar-refractivity contribution in [1.29, 1.82) is 0 Å². The van der Waals surface area contributed by atoms with E-state index in [4.69, 9.17) is 4.74 Å². The number of amides is 2. The van der Waals surface area contributed by atoms with Gasteiger partial charge in [0.15, 0.2) is 5.82 Å². The van der Waals surface area contributed by atoms with Crippen molar-refractivity contribution in [2.45, 2.75) is 32.9 Å². The molecule has 0 saturated carbocycles. The van der Waals surface area contributed by atoms with Crippen molar-refractivity contribution in [3.05, 3.63) is 40.3 Å². The van der Waals surface area contributed by atoms with E-state index in [1.165, 1.54) is 30.0 Å². The van der Waals surface area contributed by atoms with Gasteiger partial charge in [0.2, 0.25) is 17.0 Å². The highest BCUT2D eigenvalue weighted by molar-refractivity contribution is 7.99. The first-order chi connectivity index (χ1) is 15.3. The average Bonchev–Trinajstić information content (AvgIpc) is 3.31. The molecule has 0 bridgehead atoms. The van der Waals surface area contributed by atoms with Gasteiger partial charge in [0, 0.05) is 23.1 Å². The Balaban J connectivity index is 1.61. The predicted molar refractivity (Wildman–Crippen MR) is 125 cm³/mol. The molecule has 2 heterocycles. The molecule has 0 aliphatic heterocycles. The molecule has 1 aromatic carbocycles. The van der Waals surface area contributed by atoms with Crippen molar-refractivity contribution in [2.75, 3.05) is 23.0 Å². The topological polar surface area (TPSA) is 126 Å². The van der Waals surface area contributed by atoms with Crippen LogP contribution in [0.1, 0.15) is 34.6 Å². The summed E-state index contributed by atoms with van der Waals surface area (Å²) in [7, 11) is 0. The Kier molecular flexibility index (Phi) is 7.65. The lowest BCUT2D eigenvalue weighted by Gasteiger charge is -2.06. The van der Waals surface area contributed by atoms with E-state index < -0.39 is 5.97 Å². The maximum absolute atomic E-state index is 12.5. The number of thioether (sulfide) groups is 1. The van der Waals surface area contributed by atoms with Crippen molar-refractivity contribution >= 4 is 51.6 Å². The van der Waals surface area contributed by atoms with Crippen LogP contribution in [0.15, 0.2) is 29.4 Å². The van der Waals surface area contributed by atoms with Gasteiger partial charge in [0.25, 0.3) is 0 Å². The fraction of sp³-hybridized carbons (Fsp3) is 0.286. The summed E-state index contributed by atoms with van der Waals surface area (Å²) in [6.45, 7) is 7.18. The number of aromatic amines is 1. The molecule has 0 radical (unpaired) electrons. The molecule has 0 saturated heterocycles. The zero-order chi connectivity index (χ0) is 23.3. The summed E-state index contributed by atoms with van der Waals surface area (Å²) in [4.78, 5) is 41.2. The monoisotopic (exact) mass is 473 g/mol. The number of esters is 1. The number of nitrogens with zero attached hydrogens (tertiary/aromatic N) is 2. The normalized spacial score (nSPS) is 10.6. The van der Waals surface area contributed by atoms with Gasteiger partial charge in [-0.1, -0.05) is 11.8 Å². The van der Waals surface area contributed by atoms with Crippen LogP contribution < -0.4 is 10.6 Å². The molecular formula is C21H23N5O4S2. The average molecular weight is 474 g/mol. The minimum absolute atomic E-state index is 0.0804. The number of hydrogen-bond donors (Lipinski definition) is 3. The highest BCUT2D eigenvalue weighted by atomic mass is 32.2. The first-order valence-corrected chi connectivity index (χ1v) is 11.6. The molecule has 3 aromatic rings. The summed E-state index contributed by atoms with van der Waals surface area (Å²) >= 11 is 2.52. The summed E-state index contributed by atoms with van der Waals surface area (Å²) < 4.78 is 5.11. The number of rotatable bonds is 8. The van der Waals surface area contributed by atoms with Crippen LogP contribution in [-0.2, 0) is 14.3 Å². The summed E-state index contributed by atoms with van der Waals surface area (Å²) in [5.74, 6) is -0.224. The number of benzene rings is 1. The Morgan fingerprint density at radius 1 is 1.16 bits per heavy atom. The van der Waals surface area contributed by atoms with E-state index in [9.17, 15) is 14.4 Å². The molecule has 11 heteroatoms. The maximum Gasteiger partial charge on any atom is 0.341 e. The van der Waals surface area contributed by atoms with E-state index in [-0.39, 0.29) is 24.2 Å². The van der Waals surface area contributed by atoms with Crippen LogP contribution in [0, 0.1) is 13.8 Å². The molecule has 0 aliphatic carbocycles. The number of nitrogens with one attached hydrogen (secondary N) is 3. The second kappa shape index (κ2) is 10.4. The van der Waals surface area contributed by atoms with Crippen LogP contribution in [-0.4, -0.2) is 45.3 Å². The Labute approximate surface area is 193 Å². The number of aromatic nitrogens is 3. The van der Waals surface area contributed by atoms with Gasteiger partial charge in [-0.2, -0.15) is 0 Å². The van der Waals surface area contributed by atoms with Crippen molar-refractivity contribution < 1.29 is 19.1 Å². The molecule has 0 fully saturated rings. The van der Waals surface area contributed by atoms with Gasteiger partial charge >= 0.3 is 5.97 Å². The number of thiophene rings is 1. The summed E-state index contributed by atoms with van der Waals surface area (Å²) in [6, 6.07) is 7.16. The highest BCUT2D eigenvalue weighted by Gasteiger charge is 2.22. The third-order valence-electron chi connectivity index (χ3n) is 4.39. The van der Waals surface area contributed by atoms with Crippen molar-refractivity contribution in [3.8, 4) is 11.4 Å². The Morgan fingerprint density at radius 2 is 1.88 bits per heavy atom. The highest BCUT2D eigenvalue weighted by Crippen LogP contribution is 2.33. The molecule has 0 unspecified atom stereocenters. The van der Waals surface area contributed by atoms with E-state index >= 15 is 0 Å². The molecule has 2 aromatic heterocycles. The van der Waals surface area contributed by atoms with E-state index in [0.29, 0.717) is 27.2 Å². The van der Waals surface area contributed by atoms with Crippen molar-refractivity contribution in [2.24, 2.45) is 0 Å². The zero-order valence-electron chi connectivity index (χ0n) is 18.1. The van der Waals surface area contributed by atoms with Crippen molar-refractivity contribution in [1.82, 2.24) is 15.2 Å². The smallest absolute Gasteiger partial charge is 0.341 e. The van der Waals surface area contributed by atoms with Crippen molar-refractivity contribution in [3.63, 3.8) is 0 Å². The van der Waals surface area contributed by atoms with Crippen LogP contribution in [0.5, 0.6) is 0 Å². The standard InChI is InChI=1S/C21H23N5O4S2/c1-5-30-20(29)17-11(2)12(3)32-19(17)23-16(28)10-31-21-24-18(25-26-21)14-6-8-15(9-7-14)22-13(4)27/h6-9H,5,10H2,1-4H3,(H,22,27)(H,23,28)(H,24,25,26). The molecule has 9 nitrogen and oxygen atoms in total. The van der Waals surface area contributed by atoms with Gasteiger partial charge in [0.1, 0.15) is 5.00 Å².